The predicted octanol–water partition coefficient (Wildman–Crippen LogP) is 2.55. The average molecular weight is 448 g/mol. The molecule has 1 aliphatic carbocycles. The van der Waals surface area contributed by atoms with Crippen molar-refractivity contribution < 1.29 is 14.7 Å². The van der Waals surface area contributed by atoms with E-state index in [1.165, 1.54) is 24.0 Å². The molecule has 3 N–H and O–H groups in total. The minimum atomic E-state index is -1.19. The number of aryl methyl sites for hydroxylation is 1. The van der Waals surface area contributed by atoms with E-state index in [2.05, 4.69) is 29.2 Å². The molecular formula is C27H33N3O3. The SMILES string of the molecule is NC(=O)[C@@]1(CCO)Cc2ccccc2N1C(=O)CCN1CCC2(CCc3ccccc32)CC1. The number of hydrogen-bond donors (Lipinski definition) is 2. The highest BCUT2D eigenvalue weighted by molar-refractivity contribution is 6.06. The van der Waals surface area contributed by atoms with E-state index in [1.54, 1.807) is 4.90 Å². The van der Waals surface area contributed by atoms with Crippen molar-refractivity contribution in [2.45, 2.75) is 55.9 Å². The molecule has 0 aromatic heterocycles. The second kappa shape index (κ2) is 8.58. The summed E-state index contributed by atoms with van der Waals surface area (Å²) in [6.45, 7) is 2.44. The zero-order valence-corrected chi connectivity index (χ0v) is 19.1. The van der Waals surface area contributed by atoms with E-state index in [4.69, 9.17) is 5.73 Å². The predicted molar refractivity (Wildman–Crippen MR) is 128 cm³/mol. The molecule has 0 unspecified atom stereocenters. The molecule has 1 fully saturated rings. The number of carbonyl (C=O) groups excluding carboxylic acids is 2. The summed E-state index contributed by atoms with van der Waals surface area (Å²) in [6, 6.07) is 16.4. The summed E-state index contributed by atoms with van der Waals surface area (Å²) in [6.07, 6.45) is 5.49. The first-order valence-electron chi connectivity index (χ1n) is 12.1. The van der Waals surface area contributed by atoms with Crippen LogP contribution in [-0.4, -0.2) is 53.6 Å². The van der Waals surface area contributed by atoms with Gasteiger partial charge < -0.3 is 15.7 Å². The van der Waals surface area contributed by atoms with Gasteiger partial charge >= 0.3 is 0 Å². The van der Waals surface area contributed by atoms with Crippen LogP contribution in [0.2, 0.25) is 0 Å². The number of rotatable bonds is 6. The number of likely N-dealkylation sites (tertiary alicyclic amines) is 1. The van der Waals surface area contributed by atoms with Gasteiger partial charge in [0.2, 0.25) is 11.8 Å². The quantitative estimate of drug-likeness (QED) is 0.713. The number of aliphatic hydroxyl groups is 1. The third-order valence-corrected chi connectivity index (χ3v) is 8.29. The number of hydrogen-bond acceptors (Lipinski definition) is 4. The van der Waals surface area contributed by atoms with E-state index in [0.717, 1.165) is 37.2 Å². The fourth-order valence-corrected chi connectivity index (χ4v) is 6.44. The lowest BCUT2D eigenvalue weighted by Gasteiger charge is -2.41. The summed E-state index contributed by atoms with van der Waals surface area (Å²) in [5.74, 6) is -0.653. The lowest BCUT2D eigenvalue weighted by molar-refractivity contribution is -0.128. The smallest absolute Gasteiger partial charge is 0.244 e. The number of primary amides is 1. The zero-order valence-electron chi connectivity index (χ0n) is 19.1. The highest BCUT2D eigenvalue weighted by Gasteiger charge is 2.50. The number of aliphatic hydroxyl groups excluding tert-OH is 1. The van der Waals surface area contributed by atoms with Crippen LogP contribution in [0.5, 0.6) is 0 Å². The van der Waals surface area contributed by atoms with Crippen molar-refractivity contribution in [3.8, 4) is 0 Å². The first kappa shape index (κ1) is 22.1. The Balaban J connectivity index is 1.27. The lowest BCUT2D eigenvalue weighted by Crippen LogP contribution is -2.59. The summed E-state index contributed by atoms with van der Waals surface area (Å²) in [5.41, 5.74) is 9.64. The van der Waals surface area contributed by atoms with E-state index in [1.807, 2.05) is 24.3 Å². The van der Waals surface area contributed by atoms with Crippen LogP contribution >= 0.6 is 0 Å². The third kappa shape index (κ3) is 3.65. The first-order valence-corrected chi connectivity index (χ1v) is 12.1. The van der Waals surface area contributed by atoms with Gasteiger partial charge in [0, 0.05) is 38.1 Å². The van der Waals surface area contributed by atoms with Crippen LogP contribution < -0.4 is 10.6 Å². The fourth-order valence-electron chi connectivity index (χ4n) is 6.44. The number of nitrogens with two attached hydrogens (primary N) is 1. The van der Waals surface area contributed by atoms with Gasteiger partial charge in [-0.15, -0.1) is 0 Å². The van der Waals surface area contributed by atoms with Gasteiger partial charge in [0.05, 0.1) is 0 Å². The van der Waals surface area contributed by atoms with Crippen LogP contribution in [0, 0.1) is 0 Å². The van der Waals surface area contributed by atoms with E-state index < -0.39 is 11.4 Å². The van der Waals surface area contributed by atoms with Crippen LogP contribution in [0.1, 0.15) is 48.8 Å². The van der Waals surface area contributed by atoms with Crippen molar-refractivity contribution in [2.75, 3.05) is 31.1 Å². The van der Waals surface area contributed by atoms with Crippen LogP contribution in [0.4, 0.5) is 5.69 Å². The maximum Gasteiger partial charge on any atom is 0.244 e. The van der Waals surface area contributed by atoms with Crippen LogP contribution in [0.15, 0.2) is 48.5 Å². The summed E-state index contributed by atoms with van der Waals surface area (Å²) in [7, 11) is 0. The zero-order chi connectivity index (χ0) is 23.1. The van der Waals surface area contributed by atoms with Gasteiger partial charge in [-0.1, -0.05) is 42.5 Å². The number of para-hydroxylation sites is 1. The Morgan fingerprint density at radius 2 is 1.67 bits per heavy atom. The van der Waals surface area contributed by atoms with Crippen LogP contribution in [0.3, 0.4) is 0 Å². The van der Waals surface area contributed by atoms with Crippen molar-refractivity contribution in [1.29, 1.82) is 0 Å². The van der Waals surface area contributed by atoms with Gasteiger partial charge in [0.1, 0.15) is 5.54 Å². The molecule has 5 rings (SSSR count). The topological polar surface area (TPSA) is 86.9 Å². The maximum absolute atomic E-state index is 13.5. The highest BCUT2D eigenvalue weighted by atomic mass is 16.3. The van der Waals surface area contributed by atoms with Crippen LogP contribution in [0.25, 0.3) is 0 Å². The Kier molecular flexibility index (Phi) is 5.75. The number of fused-ring (bicyclic) bond motifs is 3. The van der Waals surface area contributed by atoms with Gasteiger partial charge in [0.25, 0.3) is 0 Å². The Bertz CT molecular complexity index is 1060. The van der Waals surface area contributed by atoms with E-state index in [0.29, 0.717) is 24.8 Å². The summed E-state index contributed by atoms with van der Waals surface area (Å²) in [5, 5.41) is 9.67. The number of amides is 2. The molecule has 2 aliphatic heterocycles. The number of nitrogens with zero attached hydrogens (tertiary/aromatic N) is 2. The van der Waals surface area contributed by atoms with Gasteiger partial charge in [-0.25, -0.2) is 0 Å². The Morgan fingerprint density at radius 3 is 2.39 bits per heavy atom. The molecule has 0 radical (unpaired) electrons. The van der Waals surface area contributed by atoms with Gasteiger partial charge in [-0.05, 0) is 66.9 Å². The molecule has 174 valence electrons. The number of anilines is 1. The molecule has 0 saturated carbocycles. The minimum absolute atomic E-state index is 0.0984. The largest absolute Gasteiger partial charge is 0.396 e. The minimum Gasteiger partial charge on any atom is -0.396 e. The molecule has 33 heavy (non-hydrogen) atoms. The second-order valence-corrected chi connectivity index (χ2v) is 9.93. The first-order chi connectivity index (χ1) is 16.0. The molecule has 2 aromatic rings. The summed E-state index contributed by atoms with van der Waals surface area (Å²) < 4.78 is 0. The van der Waals surface area contributed by atoms with E-state index >= 15 is 0 Å². The summed E-state index contributed by atoms with van der Waals surface area (Å²) >= 11 is 0. The molecule has 1 spiro atoms. The molecule has 6 nitrogen and oxygen atoms in total. The molecule has 2 heterocycles. The second-order valence-electron chi connectivity index (χ2n) is 9.93. The molecule has 0 bridgehead atoms. The normalized spacial score (nSPS) is 23.5. The Hall–Kier alpha value is -2.70. The van der Waals surface area contributed by atoms with Gasteiger partial charge in [0.15, 0.2) is 0 Å². The monoisotopic (exact) mass is 447 g/mol. The molecule has 1 atom stereocenters. The maximum atomic E-state index is 13.5. The fraction of sp³-hybridized carbons (Fsp3) is 0.481. The molecule has 6 heteroatoms. The Labute approximate surface area is 195 Å². The number of benzene rings is 2. The Morgan fingerprint density at radius 1 is 0.970 bits per heavy atom. The average Bonchev–Trinajstić information content (AvgIpc) is 3.36. The third-order valence-electron chi connectivity index (χ3n) is 8.29. The van der Waals surface area contributed by atoms with Crippen molar-refractivity contribution in [2.24, 2.45) is 5.73 Å². The standard InChI is InChI=1S/C27H33N3O3/c28-25(33)27(14-18-31)19-21-6-2-4-8-23(21)30(27)24(32)10-15-29-16-12-26(13-17-29)11-9-20-5-1-3-7-22(20)26/h1-8,31H,9-19H2,(H2,28,33)/t27-/m1/s1. The number of piperidine rings is 1. The lowest BCUT2D eigenvalue weighted by atomic mass is 9.74. The van der Waals surface area contributed by atoms with E-state index in [9.17, 15) is 14.7 Å². The molecule has 1 saturated heterocycles. The molecule has 3 aliphatic rings. The van der Waals surface area contributed by atoms with Crippen molar-refractivity contribution in [3.63, 3.8) is 0 Å². The van der Waals surface area contributed by atoms with Gasteiger partial charge in [-0.3, -0.25) is 14.5 Å². The summed E-state index contributed by atoms with van der Waals surface area (Å²) in [4.78, 5) is 30.0. The van der Waals surface area contributed by atoms with E-state index in [-0.39, 0.29) is 18.9 Å². The van der Waals surface area contributed by atoms with Gasteiger partial charge in [-0.2, -0.15) is 0 Å². The number of carbonyl (C=O) groups is 2. The van der Waals surface area contributed by atoms with Crippen LogP contribution in [-0.2, 0) is 27.8 Å². The van der Waals surface area contributed by atoms with Crippen molar-refractivity contribution in [3.05, 3.63) is 65.2 Å². The van der Waals surface area contributed by atoms with Crippen molar-refractivity contribution >= 4 is 17.5 Å². The molecule has 2 aromatic carbocycles. The van der Waals surface area contributed by atoms with Crippen molar-refractivity contribution in [1.82, 2.24) is 4.90 Å². The molecular weight excluding hydrogens is 414 g/mol. The highest BCUT2D eigenvalue weighted by Crippen LogP contribution is 2.46. The molecule has 2 amide bonds.